The number of carbonyl (C=O) groups excluding carboxylic acids is 1. The summed E-state index contributed by atoms with van der Waals surface area (Å²) in [5.74, 6) is 0.738. The molecule has 1 aromatic carbocycles. The van der Waals surface area contributed by atoms with Crippen molar-refractivity contribution in [2.45, 2.75) is 13.0 Å². The van der Waals surface area contributed by atoms with E-state index in [1.54, 1.807) is 12.1 Å². The van der Waals surface area contributed by atoms with Crippen LogP contribution in [0.4, 0.5) is 0 Å². The fourth-order valence-corrected chi connectivity index (χ4v) is 2.15. The standard InChI is InChI=1S/C13H17BrN4O/c1-9-8-17-13(18-9)16-6-5-15-12(19)10-3-2-4-11(14)7-10/h2-4,7,9H,5-6,8H2,1H3,(H,15,19)(H2,16,17,18). The first-order valence-electron chi connectivity index (χ1n) is 6.24. The van der Waals surface area contributed by atoms with Crippen LogP contribution in [-0.4, -0.2) is 37.5 Å². The SMILES string of the molecule is CC1CN=C(NCCNC(=O)c2cccc(Br)c2)N1. The number of nitrogens with one attached hydrogen (secondary N) is 3. The highest BCUT2D eigenvalue weighted by Crippen LogP contribution is 2.11. The maximum Gasteiger partial charge on any atom is 0.251 e. The van der Waals surface area contributed by atoms with Crippen LogP contribution in [0.25, 0.3) is 0 Å². The third kappa shape index (κ3) is 4.24. The van der Waals surface area contributed by atoms with Gasteiger partial charge in [-0.3, -0.25) is 9.79 Å². The Morgan fingerprint density at radius 3 is 3.05 bits per heavy atom. The van der Waals surface area contributed by atoms with E-state index in [-0.39, 0.29) is 5.91 Å². The average molecular weight is 325 g/mol. The summed E-state index contributed by atoms with van der Waals surface area (Å²) in [6.45, 7) is 4.08. The Labute approximate surface area is 121 Å². The normalized spacial score (nSPS) is 17.6. The van der Waals surface area contributed by atoms with E-state index in [1.807, 2.05) is 12.1 Å². The van der Waals surface area contributed by atoms with Crippen molar-refractivity contribution >= 4 is 27.8 Å². The van der Waals surface area contributed by atoms with Gasteiger partial charge in [0.1, 0.15) is 0 Å². The van der Waals surface area contributed by atoms with Gasteiger partial charge < -0.3 is 16.0 Å². The van der Waals surface area contributed by atoms with Gasteiger partial charge >= 0.3 is 0 Å². The Bertz CT molecular complexity index is 489. The average Bonchev–Trinajstić information content (AvgIpc) is 2.80. The van der Waals surface area contributed by atoms with Gasteiger partial charge in [-0.2, -0.15) is 0 Å². The van der Waals surface area contributed by atoms with Crippen LogP contribution < -0.4 is 16.0 Å². The highest BCUT2D eigenvalue weighted by Gasteiger charge is 2.11. The van der Waals surface area contributed by atoms with Crippen LogP contribution in [-0.2, 0) is 0 Å². The number of benzene rings is 1. The molecule has 19 heavy (non-hydrogen) atoms. The highest BCUT2D eigenvalue weighted by molar-refractivity contribution is 9.10. The van der Waals surface area contributed by atoms with E-state index in [4.69, 9.17) is 0 Å². The smallest absolute Gasteiger partial charge is 0.251 e. The second kappa shape index (κ2) is 6.56. The molecule has 6 heteroatoms. The number of amides is 1. The number of rotatable bonds is 4. The van der Waals surface area contributed by atoms with Gasteiger partial charge in [0.15, 0.2) is 5.96 Å². The zero-order valence-corrected chi connectivity index (χ0v) is 12.3. The molecule has 1 unspecified atom stereocenters. The molecule has 1 heterocycles. The molecule has 0 spiro atoms. The number of nitrogens with zero attached hydrogens (tertiary/aromatic N) is 1. The fourth-order valence-electron chi connectivity index (χ4n) is 1.75. The molecular formula is C13H17BrN4O. The molecule has 0 aliphatic carbocycles. The monoisotopic (exact) mass is 324 g/mol. The molecule has 3 N–H and O–H groups in total. The van der Waals surface area contributed by atoms with Crippen LogP contribution in [0.3, 0.4) is 0 Å². The van der Waals surface area contributed by atoms with Crippen LogP contribution in [0.1, 0.15) is 17.3 Å². The van der Waals surface area contributed by atoms with Gasteiger partial charge in [0, 0.05) is 29.2 Å². The Morgan fingerprint density at radius 1 is 1.53 bits per heavy atom. The van der Waals surface area contributed by atoms with Gasteiger partial charge in [0.05, 0.1) is 6.54 Å². The molecule has 0 saturated heterocycles. The number of aliphatic imine (C=N–C) groups is 1. The molecule has 1 aromatic rings. The van der Waals surface area contributed by atoms with Crippen molar-refractivity contribution in [2.75, 3.05) is 19.6 Å². The molecule has 2 rings (SSSR count). The summed E-state index contributed by atoms with van der Waals surface area (Å²) in [6.07, 6.45) is 0. The second-order valence-electron chi connectivity index (χ2n) is 4.43. The van der Waals surface area contributed by atoms with E-state index in [0.717, 1.165) is 17.0 Å². The van der Waals surface area contributed by atoms with E-state index in [0.29, 0.717) is 24.7 Å². The number of halogens is 1. The summed E-state index contributed by atoms with van der Waals surface area (Å²) in [6, 6.07) is 7.71. The summed E-state index contributed by atoms with van der Waals surface area (Å²) < 4.78 is 0.900. The molecule has 102 valence electrons. The molecule has 1 aliphatic rings. The summed E-state index contributed by atoms with van der Waals surface area (Å²) in [5.41, 5.74) is 0.652. The van der Waals surface area contributed by atoms with Crippen molar-refractivity contribution in [3.05, 3.63) is 34.3 Å². The third-order valence-corrected chi connectivity index (χ3v) is 3.19. The Balaban J connectivity index is 1.70. The minimum atomic E-state index is -0.0715. The summed E-state index contributed by atoms with van der Waals surface area (Å²) >= 11 is 3.35. The van der Waals surface area contributed by atoms with Crippen molar-refractivity contribution in [2.24, 2.45) is 4.99 Å². The van der Waals surface area contributed by atoms with Gasteiger partial charge in [-0.15, -0.1) is 0 Å². The molecule has 0 fully saturated rings. The molecule has 1 aliphatic heterocycles. The van der Waals surface area contributed by atoms with Crippen molar-refractivity contribution in [1.82, 2.24) is 16.0 Å². The van der Waals surface area contributed by atoms with Gasteiger partial charge in [0.25, 0.3) is 5.91 Å². The van der Waals surface area contributed by atoms with Crippen molar-refractivity contribution < 1.29 is 4.79 Å². The lowest BCUT2D eigenvalue weighted by atomic mass is 10.2. The maximum absolute atomic E-state index is 11.8. The van der Waals surface area contributed by atoms with Crippen LogP contribution >= 0.6 is 15.9 Å². The maximum atomic E-state index is 11.8. The van der Waals surface area contributed by atoms with E-state index < -0.39 is 0 Å². The Hall–Kier alpha value is -1.56. The van der Waals surface area contributed by atoms with E-state index in [1.165, 1.54) is 0 Å². The Kier molecular flexibility index (Phi) is 4.79. The topological polar surface area (TPSA) is 65.5 Å². The minimum Gasteiger partial charge on any atom is -0.355 e. The lowest BCUT2D eigenvalue weighted by molar-refractivity contribution is 0.0954. The first-order valence-corrected chi connectivity index (χ1v) is 7.03. The molecule has 5 nitrogen and oxygen atoms in total. The van der Waals surface area contributed by atoms with Crippen LogP contribution in [0, 0.1) is 0 Å². The largest absolute Gasteiger partial charge is 0.355 e. The van der Waals surface area contributed by atoms with E-state index in [9.17, 15) is 4.79 Å². The number of carbonyl (C=O) groups is 1. The van der Waals surface area contributed by atoms with Gasteiger partial charge in [-0.25, -0.2) is 0 Å². The third-order valence-electron chi connectivity index (χ3n) is 2.70. The van der Waals surface area contributed by atoms with Crippen molar-refractivity contribution in [3.63, 3.8) is 0 Å². The van der Waals surface area contributed by atoms with Crippen LogP contribution in [0.5, 0.6) is 0 Å². The highest BCUT2D eigenvalue weighted by atomic mass is 79.9. The van der Waals surface area contributed by atoms with Gasteiger partial charge in [-0.05, 0) is 25.1 Å². The molecule has 1 amide bonds. The molecule has 0 saturated carbocycles. The summed E-state index contributed by atoms with van der Waals surface area (Å²) in [4.78, 5) is 16.1. The minimum absolute atomic E-state index is 0.0715. The molecule has 1 atom stereocenters. The van der Waals surface area contributed by atoms with Crippen molar-refractivity contribution in [3.8, 4) is 0 Å². The molecular weight excluding hydrogens is 308 g/mol. The fraction of sp³-hybridized carbons (Fsp3) is 0.385. The van der Waals surface area contributed by atoms with Gasteiger partial charge in [0.2, 0.25) is 0 Å². The first kappa shape index (κ1) is 13.9. The summed E-state index contributed by atoms with van der Waals surface area (Å²) in [7, 11) is 0. The molecule has 0 bridgehead atoms. The van der Waals surface area contributed by atoms with Crippen molar-refractivity contribution in [1.29, 1.82) is 0 Å². The first-order chi connectivity index (χ1) is 9.15. The summed E-state index contributed by atoms with van der Waals surface area (Å²) in [5, 5.41) is 9.20. The number of guanidine groups is 1. The van der Waals surface area contributed by atoms with E-state index >= 15 is 0 Å². The predicted octanol–water partition coefficient (Wildman–Crippen LogP) is 1.12. The number of hydrogen-bond acceptors (Lipinski definition) is 4. The Morgan fingerprint density at radius 2 is 2.37 bits per heavy atom. The van der Waals surface area contributed by atoms with Crippen LogP contribution in [0.2, 0.25) is 0 Å². The van der Waals surface area contributed by atoms with Gasteiger partial charge in [-0.1, -0.05) is 22.0 Å². The quantitative estimate of drug-likeness (QED) is 0.727. The zero-order chi connectivity index (χ0) is 13.7. The number of hydrogen-bond donors (Lipinski definition) is 3. The second-order valence-corrected chi connectivity index (χ2v) is 5.34. The molecule has 0 aromatic heterocycles. The lowest BCUT2D eigenvalue weighted by Gasteiger charge is -2.09. The van der Waals surface area contributed by atoms with E-state index in [2.05, 4.69) is 43.8 Å². The zero-order valence-electron chi connectivity index (χ0n) is 10.7. The molecule has 0 radical (unpaired) electrons. The lowest BCUT2D eigenvalue weighted by Crippen LogP contribution is -2.41. The predicted molar refractivity (Wildman–Crippen MR) is 79.4 cm³/mol. The van der Waals surface area contributed by atoms with Crippen LogP contribution in [0.15, 0.2) is 33.7 Å².